The summed E-state index contributed by atoms with van der Waals surface area (Å²) < 4.78 is 5.42. The van der Waals surface area contributed by atoms with Crippen LogP contribution in [-0.4, -0.2) is 24.2 Å². The van der Waals surface area contributed by atoms with Gasteiger partial charge in [0.15, 0.2) is 0 Å². The molecule has 0 aliphatic heterocycles. The highest BCUT2D eigenvalue weighted by molar-refractivity contribution is 7.09. The molecule has 0 saturated heterocycles. The summed E-state index contributed by atoms with van der Waals surface area (Å²) in [6.45, 7) is 7.95. The van der Waals surface area contributed by atoms with Crippen molar-refractivity contribution in [2.75, 3.05) is 6.61 Å². The number of amides is 1. The van der Waals surface area contributed by atoms with Crippen LogP contribution in [0.3, 0.4) is 0 Å². The molecule has 1 atom stereocenters. The molecule has 4 heteroatoms. The largest absolute Gasteiger partial charge is 0.366 e. The molecule has 1 amide bonds. The quantitative estimate of drug-likeness (QED) is 0.878. The standard InChI is InChI=1S/C13H21NO2S/c1-10(8-11-6-5-7-17-11)14-12(15)9-16-13(2,3)4/h5-7,10H,8-9H2,1-4H3,(H,14,15). The Hall–Kier alpha value is -0.870. The molecule has 0 bridgehead atoms. The second-order valence-electron chi connectivity index (χ2n) is 5.15. The summed E-state index contributed by atoms with van der Waals surface area (Å²) in [4.78, 5) is 12.9. The third-order valence-electron chi connectivity index (χ3n) is 2.13. The third kappa shape index (κ3) is 6.44. The summed E-state index contributed by atoms with van der Waals surface area (Å²) in [7, 11) is 0. The van der Waals surface area contributed by atoms with Crippen LogP contribution in [0.5, 0.6) is 0 Å². The zero-order valence-electron chi connectivity index (χ0n) is 10.9. The third-order valence-corrected chi connectivity index (χ3v) is 3.03. The van der Waals surface area contributed by atoms with E-state index < -0.39 is 0 Å². The molecule has 1 heterocycles. The Balaban J connectivity index is 2.26. The fourth-order valence-corrected chi connectivity index (χ4v) is 2.22. The molecule has 0 radical (unpaired) electrons. The van der Waals surface area contributed by atoms with Gasteiger partial charge in [0.05, 0.1) is 5.60 Å². The summed E-state index contributed by atoms with van der Waals surface area (Å²) in [5.41, 5.74) is -0.270. The second kappa shape index (κ2) is 6.17. The van der Waals surface area contributed by atoms with E-state index >= 15 is 0 Å². The second-order valence-corrected chi connectivity index (χ2v) is 6.19. The average Bonchev–Trinajstić information content (AvgIpc) is 2.66. The Morgan fingerprint density at radius 2 is 2.24 bits per heavy atom. The van der Waals surface area contributed by atoms with Gasteiger partial charge in [-0.05, 0) is 39.1 Å². The number of thiophene rings is 1. The first-order valence-corrected chi connectivity index (χ1v) is 6.70. The SMILES string of the molecule is CC(Cc1cccs1)NC(=O)COC(C)(C)C. The van der Waals surface area contributed by atoms with E-state index in [2.05, 4.69) is 11.4 Å². The van der Waals surface area contributed by atoms with Crippen molar-refractivity contribution in [1.29, 1.82) is 0 Å². The number of ether oxygens (including phenoxy) is 1. The minimum absolute atomic E-state index is 0.0519. The van der Waals surface area contributed by atoms with Gasteiger partial charge in [0.1, 0.15) is 6.61 Å². The molecule has 3 nitrogen and oxygen atoms in total. The van der Waals surface area contributed by atoms with Crippen molar-refractivity contribution < 1.29 is 9.53 Å². The van der Waals surface area contributed by atoms with E-state index in [1.165, 1.54) is 4.88 Å². The number of hydrogen-bond donors (Lipinski definition) is 1. The molecule has 0 spiro atoms. The fourth-order valence-electron chi connectivity index (χ4n) is 1.38. The van der Waals surface area contributed by atoms with Crippen LogP contribution in [0.25, 0.3) is 0 Å². The molecule has 96 valence electrons. The van der Waals surface area contributed by atoms with E-state index in [1.54, 1.807) is 11.3 Å². The molecule has 0 aliphatic rings. The molecule has 1 N–H and O–H groups in total. The van der Waals surface area contributed by atoms with Crippen LogP contribution in [0.4, 0.5) is 0 Å². The predicted octanol–water partition coefficient (Wildman–Crippen LogP) is 2.61. The van der Waals surface area contributed by atoms with Crippen LogP contribution in [0.1, 0.15) is 32.6 Å². The van der Waals surface area contributed by atoms with Crippen molar-refractivity contribution in [2.24, 2.45) is 0 Å². The summed E-state index contributed by atoms with van der Waals surface area (Å²) >= 11 is 1.71. The zero-order chi connectivity index (χ0) is 12.9. The summed E-state index contributed by atoms with van der Waals surface area (Å²) in [6.07, 6.45) is 0.874. The summed E-state index contributed by atoms with van der Waals surface area (Å²) in [5.74, 6) is -0.0519. The van der Waals surface area contributed by atoms with Crippen LogP contribution in [0.15, 0.2) is 17.5 Å². The van der Waals surface area contributed by atoms with Crippen LogP contribution >= 0.6 is 11.3 Å². The first-order valence-electron chi connectivity index (χ1n) is 5.82. The Labute approximate surface area is 107 Å². The maximum Gasteiger partial charge on any atom is 0.246 e. The summed E-state index contributed by atoms with van der Waals surface area (Å²) in [6, 6.07) is 4.25. The molecule has 0 saturated carbocycles. The molecular weight excluding hydrogens is 234 g/mol. The number of carbonyl (C=O) groups is 1. The van der Waals surface area contributed by atoms with Gasteiger partial charge in [-0.1, -0.05) is 6.07 Å². The molecule has 1 aromatic heterocycles. The lowest BCUT2D eigenvalue weighted by Gasteiger charge is -2.20. The molecule has 0 fully saturated rings. The Morgan fingerprint density at radius 3 is 2.76 bits per heavy atom. The van der Waals surface area contributed by atoms with Gasteiger partial charge in [-0.15, -0.1) is 11.3 Å². The number of rotatable bonds is 5. The van der Waals surface area contributed by atoms with E-state index in [0.29, 0.717) is 0 Å². The van der Waals surface area contributed by atoms with Crippen molar-refractivity contribution in [3.8, 4) is 0 Å². The highest BCUT2D eigenvalue weighted by Gasteiger charge is 2.14. The minimum Gasteiger partial charge on any atom is -0.366 e. The first-order chi connectivity index (χ1) is 7.87. The van der Waals surface area contributed by atoms with E-state index in [4.69, 9.17) is 4.74 Å². The van der Waals surface area contributed by atoms with Gasteiger partial charge in [0.25, 0.3) is 0 Å². The zero-order valence-corrected chi connectivity index (χ0v) is 11.8. The summed E-state index contributed by atoms with van der Waals surface area (Å²) in [5, 5.41) is 4.98. The fraction of sp³-hybridized carbons (Fsp3) is 0.615. The lowest BCUT2D eigenvalue weighted by molar-refractivity contribution is -0.131. The van der Waals surface area contributed by atoms with Crippen molar-refractivity contribution in [3.05, 3.63) is 22.4 Å². The molecular formula is C13H21NO2S. The number of hydrogen-bond acceptors (Lipinski definition) is 3. The van der Waals surface area contributed by atoms with Gasteiger partial charge in [0, 0.05) is 17.3 Å². The van der Waals surface area contributed by atoms with Crippen LogP contribution in [-0.2, 0) is 16.0 Å². The molecule has 1 aromatic rings. The molecule has 0 aromatic carbocycles. The molecule has 1 rings (SSSR count). The maximum absolute atomic E-state index is 11.6. The van der Waals surface area contributed by atoms with Crippen molar-refractivity contribution in [1.82, 2.24) is 5.32 Å². The van der Waals surface area contributed by atoms with Gasteiger partial charge < -0.3 is 10.1 Å². The van der Waals surface area contributed by atoms with E-state index in [9.17, 15) is 4.79 Å². The lowest BCUT2D eigenvalue weighted by atomic mass is 10.2. The van der Waals surface area contributed by atoms with Gasteiger partial charge in [0.2, 0.25) is 5.91 Å². The smallest absolute Gasteiger partial charge is 0.246 e. The first kappa shape index (κ1) is 14.2. The molecule has 17 heavy (non-hydrogen) atoms. The van der Waals surface area contributed by atoms with Crippen LogP contribution < -0.4 is 5.32 Å². The number of carbonyl (C=O) groups excluding carboxylic acids is 1. The van der Waals surface area contributed by atoms with Crippen molar-refractivity contribution in [2.45, 2.75) is 45.8 Å². The normalized spacial score (nSPS) is 13.4. The average molecular weight is 255 g/mol. The van der Waals surface area contributed by atoms with E-state index in [-0.39, 0.29) is 24.2 Å². The maximum atomic E-state index is 11.6. The number of nitrogens with one attached hydrogen (secondary N) is 1. The van der Waals surface area contributed by atoms with Gasteiger partial charge in [-0.3, -0.25) is 4.79 Å². The van der Waals surface area contributed by atoms with E-state index in [1.807, 2.05) is 39.1 Å². The molecule has 0 aliphatic carbocycles. The topological polar surface area (TPSA) is 38.3 Å². The molecule has 1 unspecified atom stereocenters. The van der Waals surface area contributed by atoms with E-state index in [0.717, 1.165) is 6.42 Å². The Morgan fingerprint density at radius 1 is 1.53 bits per heavy atom. The van der Waals surface area contributed by atoms with Crippen molar-refractivity contribution >= 4 is 17.2 Å². The Bertz CT molecular complexity index is 341. The van der Waals surface area contributed by atoms with Gasteiger partial charge in [-0.25, -0.2) is 0 Å². The Kier molecular flexibility index (Phi) is 5.15. The highest BCUT2D eigenvalue weighted by atomic mass is 32.1. The van der Waals surface area contributed by atoms with Crippen LogP contribution in [0, 0.1) is 0 Å². The monoisotopic (exact) mass is 255 g/mol. The van der Waals surface area contributed by atoms with Crippen molar-refractivity contribution in [3.63, 3.8) is 0 Å². The highest BCUT2D eigenvalue weighted by Crippen LogP contribution is 2.11. The predicted molar refractivity (Wildman–Crippen MR) is 71.3 cm³/mol. The van der Waals surface area contributed by atoms with Gasteiger partial charge >= 0.3 is 0 Å². The minimum atomic E-state index is -0.270. The van der Waals surface area contributed by atoms with Crippen LogP contribution in [0.2, 0.25) is 0 Å². The lowest BCUT2D eigenvalue weighted by Crippen LogP contribution is -2.38. The van der Waals surface area contributed by atoms with Gasteiger partial charge in [-0.2, -0.15) is 0 Å².